The van der Waals surface area contributed by atoms with Gasteiger partial charge in [-0.3, -0.25) is 4.79 Å². The van der Waals surface area contributed by atoms with Gasteiger partial charge in [-0.2, -0.15) is 0 Å². The van der Waals surface area contributed by atoms with Gasteiger partial charge < -0.3 is 15.3 Å². The lowest BCUT2D eigenvalue weighted by molar-refractivity contribution is -0.141. The molecule has 1 unspecified atom stereocenters. The normalized spacial score (nSPS) is 11.8. The number of carbonyl (C=O) groups excluding carboxylic acids is 1. The van der Waals surface area contributed by atoms with Crippen LogP contribution < -0.4 is 5.32 Å². The second-order valence-corrected chi connectivity index (χ2v) is 4.73. The first-order valence-electron chi connectivity index (χ1n) is 6.36. The summed E-state index contributed by atoms with van der Waals surface area (Å²) in [6, 6.07) is 5.85. The average molecular weight is 282 g/mol. The van der Waals surface area contributed by atoms with E-state index >= 15 is 0 Å². The number of benzene rings is 1. The van der Waals surface area contributed by atoms with Crippen molar-refractivity contribution in [1.29, 1.82) is 0 Å². The van der Waals surface area contributed by atoms with Gasteiger partial charge in [-0.25, -0.2) is 9.18 Å². The summed E-state index contributed by atoms with van der Waals surface area (Å²) in [5.41, 5.74) is 0.798. The Kier molecular flexibility index (Phi) is 5.96. The first-order valence-corrected chi connectivity index (χ1v) is 6.36. The molecule has 1 rings (SSSR count). The Bertz CT molecular complexity index is 479. The van der Waals surface area contributed by atoms with E-state index in [4.69, 9.17) is 5.11 Å². The van der Waals surface area contributed by atoms with E-state index in [0.717, 1.165) is 5.56 Å². The largest absolute Gasteiger partial charge is 0.481 e. The van der Waals surface area contributed by atoms with Crippen LogP contribution in [0.2, 0.25) is 0 Å². The standard InChI is InChI=1S/C14H19FN2O3/c1-10(13(18)19)9-17(2)14(20)16-7-6-11-4-3-5-12(15)8-11/h3-5,8,10H,6-7,9H2,1-2H3,(H,16,20)(H,18,19). The maximum Gasteiger partial charge on any atom is 0.317 e. The number of carbonyl (C=O) groups is 2. The molecular weight excluding hydrogens is 263 g/mol. The fourth-order valence-electron chi connectivity index (χ4n) is 1.71. The Labute approximate surface area is 117 Å². The molecule has 0 spiro atoms. The Hall–Kier alpha value is -2.11. The number of halogens is 1. The van der Waals surface area contributed by atoms with Crippen LogP contribution in [-0.2, 0) is 11.2 Å². The van der Waals surface area contributed by atoms with Crippen molar-refractivity contribution in [1.82, 2.24) is 10.2 Å². The second-order valence-electron chi connectivity index (χ2n) is 4.73. The van der Waals surface area contributed by atoms with Gasteiger partial charge in [0.15, 0.2) is 0 Å². The summed E-state index contributed by atoms with van der Waals surface area (Å²) in [6.07, 6.45) is 0.520. The molecule has 6 heteroatoms. The molecule has 0 radical (unpaired) electrons. The van der Waals surface area contributed by atoms with E-state index in [-0.39, 0.29) is 18.4 Å². The summed E-state index contributed by atoms with van der Waals surface area (Å²) < 4.78 is 12.9. The molecule has 1 aromatic rings. The maximum atomic E-state index is 12.9. The number of urea groups is 1. The second kappa shape index (κ2) is 7.47. The van der Waals surface area contributed by atoms with E-state index < -0.39 is 11.9 Å². The Morgan fingerprint density at radius 2 is 2.15 bits per heavy atom. The summed E-state index contributed by atoms with van der Waals surface area (Å²) in [7, 11) is 1.54. The van der Waals surface area contributed by atoms with Gasteiger partial charge in [-0.1, -0.05) is 19.1 Å². The zero-order chi connectivity index (χ0) is 15.1. The molecule has 0 heterocycles. The minimum atomic E-state index is -0.940. The fourth-order valence-corrected chi connectivity index (χ4v) is 1.71. The highest BCUT2D eigenvalue weighted by Gasteiger charge is 2.16. The summed E-state index contributed by atoms with van der Waals surface area (Å²) in [5.74, 6) is -1.86. The number of rotatable bonds is 6. The molecule has 0 aliphatic carbocycles. The summed E-state index contributed by atoms with van der Waals surface area (Å²) in [4.78, 5) is 23.7. The highest BCUT2D eigenvalue weighted by Crippen LogP contribution is 2.04. The highest BCUT2D eigenvalue weighted by molar-refractivity contribution is 5.75. The number of nitrogens with zero attached hydrogens (tertiary/aromatic N) is 1. The van der Waals surface area contributed by atoms with Crippen LogP contribution >= 0.6 is 0 Å². The van der Waals surface area contributed by atoms with Crippen molar-refractivity contribution < 1.29 is 19.1 Å². The third-order valence-electron chi connectivity index (χ3n) is 2.89. The summed E-state index contributed by atoms with van der Waals surface area (Å²) in [5, 5.41) is 11.4. The smallest absolute Gasteiger partial charge is 0.317 e. The predicted molar refractivity (Wildman–Crippen MR) is 72.9 cm³/mol. The zero-order valence-electron chi connectivity index (χ0n) is 11.6. The molecule has 20 heavy (non-hydrogen) atoms. The summed E-state index contributed by atoms with van der Waals surface area (Å²) >= 11 is 0. The molecule has 0 saturated heterocycles. The number of hydrogen-bond donors (Lipinski definition) is 2. The number of carboxylic acids is 1. The van der Waals surface area contributed by atoms with Crippen molar-refractivity contribution in [2.45, 2.75) is 13.3 Å². The lowest BCUT2D eigenvalue weighted by Gasteiger charge is -2.20. The van der Waals surface area contributed by atoms with Gasteiger partial charge in [0.2, 0.25) is 0 Å². The molecule has 0 bridgehead atoms. The van der Waals surface area contributed by atoms with Crippen LogP contribution in [0.1, 0.15) is 12.5 Å². The number of hydrogen-bond acceptors (Lipinski definition) is 2. The molecule has 5 nitrogen and oxygen atoms in total. The van der Waals surface area contributed by atoms with Gasteiger partial charge in [0, 0.05) is 20.1 Å². The van der Waals surface area contributed by atoms with Crippen molar-refractivity contribution in [3.63, 3.8) is 0 Å². The number of nitrogens with one attached hydrogen (secondary N) is 1. The average Bonchev–Trinajstić information content (AvgIpc) is 2.38. The van der Waals surface area contributed by atoms with Crippen molar-refractivity contribution in [3.05, 3.63) is 35.6 Å². The first-order chi connectivity index (χ1) is 9.40. The molecule has 0 aliphatic rings. The Balaban J connectivity index is 2.34. The topological polar surface area (TPSA) is 69.6 Å². The van der Waals surface area contributed by atoms with Crippen LogP contribution in [0, 0.1) is 11.7 Å². The number of amides is 2. The van der Waals surface area contributed by atoms with Crippen molar-refractivity contribution >= 4 is 12.0 Å². The molecule has 1 atom stereocenters. The number of aliphatic carboxylic acids is 1. The maximum absolute atomic E-state index is 12.9. The molecule has 2 amide bonds. The lowest BCUT2D eigenvalue weighted by Crippen LogP contribution is -2.41. The fraction of sp³-hybridized carbons (Fsp3) is 0.429. The van der Waals surface area contributed by atoms with E-state index in [1.165, 1.54) is 24.1 Å². The number of carboxylic acid groups (broad SMARTS) is 1. The molecule has 1 aromatic carbocycles. The van der Waals surface area contributed by atoms with E-state index in [1.807, 2.05) is 0 Å². The predicted octanol–water partition coefficient (Wildman–Crippen LogP) is 1.73. The zero-order valence-corrected chi connectivity index (χ0v) is 11.6. The van der Waals surface area contributed by atoms with Gasteiger partial charge in [-0.15, -0.1) is 0 Å². The Morgan fingerprint density at radius 3 is 2.75 bits per heavy atom. The summed E-state index contributed by atoms with van der Waals surface area (Å²) in [6.45, 7) is 2.05. The van der Waals surface area contributed by atoms with E-state index in [9.17, 15) is 14.0 Å². The van der Waals surface area contributed by atoms with Crippen LogP contribution in [0.3, 0.4) is 0 Å². The monoisotopic (exact) mass is 282 g/mol. The molecule has 0 fully saturated rings. The van der Waals surface area contributed by atoms with E-state index in [1.54, 1.807) is 19.1 Å². The minimum absolute atomic E-state index is 0.140. The molecule has 0 aromatic heterocycles. The van der Waals surface area contributed by atoms with Crippen molar-refractivity contribution in [3.8, 4) is 0 Å². The minimum Gasteiger partial charge on any atom is -0.481 e. The quantitative estimate of drug-likeness (QED) is 0.835. The van der Waals surface area contributed by atoms with E-state index in [0.29, 0.717) is 13.0 Å². The molecule has 0 saturated carbocycles. The van der Waals surface area contributed by atoms with Crippen LogP contribution in [0.25, 0.3) is 0 Å². The molecular formula is C14H19FN2O3. The van der Waals surface area contributed by atoms with Gasteiger partial charge in [0.25, 0.3) is 0 Å². The van der Waals surface area contributed by atoms with Gasteiger partial charge in [0.1, 0.15) is 5.82 Å². The SMILES string of the molecule is CC(CN(C)C(=O)NCCc1cccc(F)c1)C(=O)O. The van der Waals surface area contributed by atoms with Crippen molar-refractivity contribution in [2.75, 3.05) is 20.1 Å². The third kappa shape index (κ3) is 5.26. The Morgan fingerprint density at radius 1 is 1.45 bits per heavy atom. The van der Waals surface area contributed by atoms with E-state index in [2.05, 4.69) is 5.32 Å². The highest BCUT2D eigenvalue weighted by atomic mass is 19.1. The third-order valence-corrected chi connectivity index (χ3v) is 2.89. The van der Waals surface area contributed by atoms with Crippen LogP contribution in [0.4, 0.5) is 9.18 Å². The van der Waals surface area contributed by atoms with Crippen LogP contribution in [0.5, 0.6) is 0 Å². The first kappa shape index (κ1) is 15.9. The van der Waals surface area contributed by atoms with Crippen LogP contribution in [0.15, 0.2) is 24.3 Å². The van der Waals surface area contributed by atoms with Crippen LogP contribution in [-0.4, -0.2) is 42.1 Å². The molecule has 2 N–H and O–H groups in total. The molecule has 0 aliphatic heterocycles. The van der Waals surface area contributed by atoms with Gasteiger partial charge in [-0.05, 0) is 24.1 Å². The lowest BCUT2D eigenvalue weighted by atomic mass is 10.1. The van der Waals surface area contributed by atoms with Gasteiger partial charge in [0.05, 0.1) is 5.92 Å². The molecule has 110 valence electrons. The van der Waals surface area contributed by atoms with Crippen molar-refractivity contribution in [2.24, 2.45) is 5.92 Å². The van der Waals surface area contributed by atoms with Gasteiger partial charge >= 0.3 is 12.0 Å².